The molecule has 0 aliphatic carbocycles. The molecule has 1 rings (SSSR count). The van der Waals surface area contributed by atoms with Crippen molar-refractivity contribution in [1.82, 2.24) is 0 Å². The van der Waals surface area contributed by atoms with E-state index in [1.807, 2.05) is 0 Å². The van der Waals surface area contributed by atoms with Crippen LogP contribution in [0, 0.1) is 0 Å². The van der Waals surface area contributed by atoms with Gasteiger partial charge in [-0.3, -0.25) is 0 Å². The minimum Gasteiger partial charge on any atom is -0.388 e. The van der Waals surface area contributed by atoms with Crippen LogP contribution in [0.2, 0.25) is 0 Å². The first-order valence-electron chi connectivity index (χ1n) is 11.5. The van der Waals surface area contributed by atoms with Gasteiger partial charge >= 0.3 is 0 Å². The highest BCUT2D eigenvalue weighted by Crippen LogP contribution is 2.18. The number of allylic oxidation sites excluding steroid dienone is 2. The molecule has 1 fully saturated rings. The fourth-order valence-corrected chi connectivity index (χ4v) is 3.54. The molecule has 1 heterocycles. The van der Waals surface area contributed by atoms with Crippen molar-refractivity contribution in [2.75, 3.05) is 19.8 Å². The monoisotopic (exact) mass is 400 g/mol. The molecule has 0 amide bonds. The van der Waals surface area contributed by atoms with E-state index in [0.717, 1.165) is 12.8 Å². The van der Waals surface area contributed by atoms with Crippen LogP contribution in [0.1, 0.15) is 90.4 Å². The summed E-state index contributed by atoms with van der Waals surface area (Å²) in [5, 5.41) is 29.0. The molecule has 0 radical (unpaired) electrons. The first-order valence-corrected chi connectivity index (χ1v) is 11.5. The summed E-state index contributed by atoms with van der Waals surface area (Å²) in [6, 6.07) is 0. The molecule has 5 nitrogen and oxygen atoms in total. The number of ether oxygens (including phenoxy) is 2. The molecule has 0 bridgehead atoms. The molecule has 3 N–H and O–H groups in total. The van der Waals surface area contributed by atoms with Gasteiger partial charge in [-0.05, 0) is 32.1 Å². The van der Waals surface area contributed by atoms with E-state index in [9.17, 15) is 15.3 Å². The van der Waals surface area contributed by atoms with Crippen LogP contribution in [-0.4, -0.2) is 59.6 Å². The third-order valence-electron chi connectivity index (χ3n) is 5.41. The molecule has 0 aromatic rings. The summed E-state index contributed by atoms with van der Waals surface area (Å²) in [5.74, 6) is 0. The van der Waals surface area contributed by atoms with Crippen LogP contribution in [0.5, 0.6) is 0 Å². The lowest BCUT2D eigenvalue weighted by Gasteiger charge is -2.20. The maximum atomic E-state index is 9.94. The van der Waals surface area contributed by atoms with E-state index in [2.05, 4.69) is 19.1 Å². The fraction of sp³-hybridized carbons (Fsp3) is 0.913. The maximum absolute atomic E-state index is 9.94. The summed E-state index contributed by atoms with van der Waals surface area (Å²) in [6.07, 6.45) is 17.6. The van der Waals surface area contributed by atoms with Crippen molar-refractivity contribution in [3.05, 3.63) is 12.2 Å². The first-order chi connectivity index (χ1) is 13.7. The Kier molecular flexibility index (Phi) is 15.9. The van der Waals surface area contributed by atoms with Gasteiger partial charge in [-0.2, -0.15) is 0 Å². The van der Waals surface area contributed by atoms with Crippen LogP contribution in [0.25, 0.3) is 0 Å². The standard InChI is InChI=1S/C23H44O5/c1-2-3-4-5-6-7-8-9-10-11-12-13-14-15-16-17-27-18-21(25)23-22(26)20(24)19-28-23/h6-7,20-26H,2-5,8-19H2,1H3/b7-6+/t20-,21+,22+,23+/m0/s1. The minimum atomic E-state index is -1.03. The molecule has 1 aliphatic heterocycles. The molecule has 5 heteroatoms. The number of hydrogen-bond acceptors (Lipinski definition) is 5. The molecule has 1 aliphatic rings. The van der Waals surface area contributed by atoms with E-state index in [1.54, 1.807) is 0 Å². The number of aliphatic hydroxyl groups excluding tert-OH is 3. The van der Waals surface area contributed by atoms with Gasteiger partial charge in [0.05, 0.1) is 13.2 Å². The van der Waals surface area contributed by atoms with Crippen molar-refractivity contribution in [3.63, 3.8) is 0 Å². The predicted molar refractivity (Wildman–Crippen MR) is 113 cm³/mol. The van der Waals surface area contributed by atoms with Crippen molar-refractivity contribution in [1.29, 1.82) is 0 Å². The zero-order chi connectivity index (χ0) is 20.5. The third-order valence-corrected chi connectivity index (χ3v) is 5.41. The highest BCUT2D eigenvalue weighted by Gasteiger charge is 2.39. The zero-order valence-corrected chi connectivity index (χ0v) is 17.9. The smallest absolute Gasteiger partial charge is 0.114 e. The summed E-state index contributed by atoms with van der Waals surface area (Å²) < 4.78 is 10.7. The van der Waals surface area contributed by atoms with Crippen molar-refractivity contribution in [2.45, 2.75) is 115 Å². The Labute approximate surface area is 172 Å². The van der Waals surface area contributed by atoms with Crippen LogP contribution < -0.4 is 0 Å². The van der Waals surface area contributed by atoms with Crippen molar-refractivity contribution in [2.24, 2.45) is 0 Å². The van der Waals surface area contributed by atoms with Gasteiger partial charge in [0.15, 0.2) is 0 Å². The fourth-order valence-electron chi connectivity index (χ4n) is 3.54. The number of unbranched alkanes of at least 4 members (excludes halogenated alkanes) is 11. The van der Waals surface area contributed by atoms with Crippen LogP contribution >= 0.6 is 0 Å². The van der Waals surface area contributed by atoms with Gasteiger partial charge < -0.3 is 24.8 Å². The number of aliphatic hydroxyl groups is 3. The van der Waals surface area contributed by atoms with Crippen LogP contribution in [0.3, 0.4) is 0 Å². The molecule has 28 heavy (non-hydrogen) atoms. The lowest BCUT2D eigenvalue weighted by atomic mass is 10.1. The summed E-state index contributed by atoms with van der Waals surface area (Å²) in [4.78, 5) is 0. The van der Waals surface area contributed by atoms with Crippen molar-refractivity contribution in [3.8, 4) is 0 Å². The second-order valence-electron chi connectivity index (χ2n) is 8.08. The summed E-state index contributed by atoms with van der Waals surface area (Å²) >= 11 is 0. The van der Waals surface area contributed by atoms with Crippen LogP contribution in [-0.2, 0) is 9.47 Å². The Morgan fingerprint density at radius 1 is 0.893 bits per heavy atom. The molecular formula is C23H44O5. The SMILES string of the molecule is CCCCC/C=C/CCCCCCCCCCOC[C@@H](O)[C@H]1OC[C@H](O)[C@H]1O. The van der Waals surface area contributed by atoms with Gasteiger partial charge in [-0.1, -0.05) is 70.4 Å². The second kappa shape index (κ2) is 17.4. The van der Waals surface area contributed by atoms with Crippen LogP contribution in [0.4, 0.5) is 0 Å². The second-order valence-corrected chi connectivity index (χ2v) is 8.08. The Balaban J connectivity index is 1.78. The third kappa shape index (κ3) is 12.2. The largest absolute Gasteiger partial charge is 0.388 e. The van der Waals surface area contributed by atoms with Gasteiger partial charge in [0, 0.05) is 6.61 Å². The molecule has 4 atom stereocenters. The molecule has 0 saturated carbocycles. The Morgan fingerprint density at radius 2 is 1.46 bits per heavy atom. The first kappa shape index (κ1) is 25.6. The van der Waals surface area contributed by atoms with Gasteiger partial charge in [-0.25, -0.2) is 0 Å². The molecule has 166 valence electrons. The minimum absolute atomic E-state index is 0.0681. The summed E-state index contributed by atoms with van der Waals surface area (Å²) in [6.45, 7) is 3.07. The zero-order valence-electron chi connectivity index (χ0n) is 17.9. The normalized spacial score (nSPS) is 23.6. The quantitative estimate of drug-likeness (QED) is 0.238. The molecule has 1 saturated heterocycles. The highest BCUT2D eigenvalue weighted by atomic mass is 16.5. The maximum Gasteiger partial charge on any atom is 0.114 e. The average molecular weight is 401 g/mol. The van der Waals surface area contributed by atoms with E-state index in [1.165, 1.54) is 70.6 Å². The Bertz CT molecular complexity index is 374. The van der Waals surface area contributed by atoms with Gasteiger partial charge in [0.1, 0.15) is 24.4 Å². The summed E-state index contributed by atoms with van der Waals surface area (Å²) in [7, 11) is 0. The molecule has 0 unspecified atom stereocenters. The molecule has 0 aromatic heterocycles. The number of rotatable bonds is 18. The summed E-state index contributed by atoms with van der Waals surface area (Å²) in [5.41, 5.74) is 0. The lowest BCUT2D eigenvalue weighted by molar-refractivity contribution is -0.0813. The Hall–Kier alpha value is -0.460. The van der Waals surface area contributed by atoms with E-state index in [0.29, 0.717) is 6.61 Å². The highest BCUT2D eigenvalue weighted by molar-refractivity contribution is 4.87. The average Bonchev–Trinajstić information content (AvgIpc) is 3.03. The van der Waals surface area contributed by atoms with Gasteiger partial charge in [0.25, 0.3) is 0 Å². The van der Waals surface area contributed by atoms with Gasteiger partial charge in [-0.15, -0.1) is 0 Å². The number of hydrogen-bond donors (Lipinski definition) is 3. The van der Waals surface area contributed by atoms with E-state index < -0.39 is 24.4 Å². The van der Waals surface area contributed by atoms with Crippen LogP contribution in [0.15, 0.2) is 12.2 Å². The van der Waals surface area contributed by atoms with E-state index in [-0.39, 0.29) is 13.2 Å². The Morgan fingerprint density at radius 3 is 2.04 bits per heavy atom. The van der Waals surface area contributed by atoms with Gasteiger partial charge in [0.2, 0.25) is 0 Å². The molecule has 0 aromatic carbocycles. The topological polar surface area (TPSA) is 79.2 Å². The van der Waals surface area contributed by atoms with E-state index >= 15 is 0 Å². The molecular weight excluding hydrogens is 356 g/mol. The predicted octanol–water partition coefficient (Wildman–Crippen LogP) is 4.13. The van der Waals surface area contributed by atoms with Crippen molar-refractivity contribution < 1.29 is 24.8 Å². The lowest BCUT2D eigenvalue weighted by Crippen LogP contribution is -2.40. The van der Waals surface area contributed by atoms with E-state index in [4.69, 9.17) is 9.47 Å². The van der Waals surface area contributed by atoms with Crippen molar-refractivity contribution >= 4 is 0 Å². The molecule has 0 spiro atoms.